The van der Waals surface area contributed by atoms with E-state index in [4.69, 9.17) is 0 Å². The van der Waals surface area contributed by atoms with Crippen LogP contribution >= 0.6 is 0 Å². The second kappa shape index (κ2) is 6.02. The van der Waals surface area contributed by atoms with Crippen molar-refractivity contribution in [2.45, 2.75) is 26.8 Å². The van der Waals surface area contributed by atoms with Crippen LogP contribution < -0.4 is 0 Å². The highest BCUT2D eigenvalue weighted by molar-refractivity contribution is 5.20. The minimum Gasteiger partial charge on any atom is -0.272 e. The summed E-state index contributed by atoms with van der Waals surface area (Å²) < 4.78 is 1.97. The standard InChI is InChI=1S/C13H18N2/c1-4-6-7-13(5-2)8-9-15-11-12(3)10-14-15/h4-7,10-11H,1,8-9H2,2-3H3/b7-6-,13-5+. The first kappa shape index (κ1) is 11.5. The third-order valence-corrected chi connectivity index (χ3v) is 2.21. The fraction of sp³-hybridized carbons (Fsp3) is 0.308. The number of allylic oxidation sites excluding steroid dienone is 5. The average Bonchev–Trinajstić information content (AvgIpc) is 2.65. The lowest BCUT2D eigenvalue weighted by molar-refractivity contribution is 0.616. The van der Waals surface area contributed by atoms with Crippen LogP contribution in [0.3, 0.4) is 0 Å². The van der Waals surface area contributed by atoms with Crippen LogP contribution in [0, 0.1) is 6.92 Å². The molecule has 0 spiro atoms. The van der Waals surface area contributed by atoms with Crippen LogP contribution in [0.15, 0.2) is 48.8 Å². The topological polar surface area (TPSA) is 17.8 Å². The SMILES string of the molecule is C=C/C=C\C(=C/C)CCn1cc(C)cn1. The summed E-state index contributed by atoms with van der Waals surface area (Å²) in [5, 5.41) is 4.25. The van der Waals surface area contributed by atoms with Gasteiger partial charge in [-0.2, -0.15) is 5.10 Å². The van der Waals surface area contributed by atoms with E-state index in [0.717, 1.165) is 13.0 Å². The van der Waals surface area contributed by atoms with Crippen LogP contribution in [0.25, 0.3) is 0 Å². The van der Waals surface area contributed by atoms with E-state index >= 15 is 0 Å². The molecule has 0 radical (unpaired) electrons. The minimum atomic E-state index is 0.926. The van der Waals surface area contributed by atoms with E-state index in [2.05, 4.69) is 43.9 Å². The third kappa shape index (κ3) is 3.98. The molecule has 0 saturated heterocycles. The lowest BCUT2D eigenvalue weighted by Gasteiger charge is -2.02. The summed E-state index contributed by atoms with van der Waals surface area (Å²) in [7, 11) is 0. The van der Waals surface area contributed by atoms with E-state index in [0.29, 0.717) is 0 Å². The van der Waals surface area contributed by atoms with Gasteiger partial charge < -0.3 is 0 Å². The maximum atomic E-state index is 4.25. The molecule has 1 heterocycles. The zero-order valence-electron chi connectivity index (χ0n) is 9.48. The van der Waals surface area contributed by atoms with E-state index < -0.39 is 0 Å². The normalized spacial score (nSPS) is 12.3. The van der Waals surface area contributed by atoms with Crippen molar-refractivity contribution < 1.29 is 0 Å². The molecular weight excluding hydrogens is 184 g/mol. The second-order valence-corrected chi connectivity index (χ2v) is 3.49. The Kier molecular flexibility index (Phi) is 4.61. The number of hydrogen-bond donors (Lipinski definition) is 0. The first-order valence-corrected chi connectivity index (χ1v) is 5.19. The van der Waals surface area contributed by atoms with Crippen molar-refractivity contribution in [2.24, 2.45) is 0 Å². The van der Waals surface area contributed by atoms with Gasteiger partial charge >= 0.3 is 0 Å². The average molecular weight is 202 g/mol. The summed E-state index contributed by atoms with van der Waals surface area (Å²) in [6, 6.07) is 0. The molecule has 0 atom stereocenters. The van der Waals surface area contributed by atoms with Crippen LogP contribution in [0.4, 0.5) is 0 Å². The van der Waals surface area contributed by atoms with Gasteiger partial charge in [0, 0.05) is 12.7 Å². The van der Waals surface area contributed by atoms with Crippen molar-refractivity contribution in [3.8, 4) is 0 Å². The number of aromatic nitrogens is 2. The molecule has 0 bridgehead atoms. The fourth-order valence-electron chi connectivity index (χ4n) is 1.35. The van der Waals surface area contributed by atoms with Crippen molar-refractivity contribution >= 4 is 0 Å². The monoisotopic (exact) mass is 202 g/mol. The van der Waals surface area contributed by atoms with Crippen LogP contribution in [0.2, 0.25) is 0 Å². The quantitative estimate of drug-likeness (QED) is 0.670. The third-order valence-electron chi connectivity index (χ3n) is 2.21. The Balaban J connectivity index is 2.48. The summed E-state index contributed by atoms with van der Waals surface area (Å²) in [5.74, 6) is 0. The van der Waals surface area contributed by atoms with E-state index in [1.807, 2.05) is 17.0 Å². The van der Waals surface area contributed by atoms with E-state index in [1.54, 1.807) is 6.08 Å². The molecule has 2 nitrogen and oxygen atoms in total. The largest absolute Gasteiger partial charge is 0.272 e. The van der Waals surface area contributed by atoms with Gasteiger partial charge in [-0.1, -0.05) is 36.5 Å². The van der Waals surface area contributed by atoms with Crippen molar-refractivity contribution in [3.05, 3.63) is 54.4 Å². The van der Waals surface area contributed by atoms with E-state index in [-0.39, 0.29) is 0 Å². The highest BCUT2D eigenvalue weighted by Gasteiger charge is 1.95. The zero-order chi connectivity index (χ0) is 11.1. The molecule has 2 heteroatoms. The van der Waals surface area contributed by atoms with Gasteiger partial charge in [0.05, 0.1) is 6.20 Å². The van der Waals surface area contributed by atoms with Gasteiger partial charge in [0.1, 0.15) is 0 Å². The summed E-state index contributed by atoms with van der Waals surface area (Å²) in [5.41, 5.74) is 2.52. The number of hydrogen-bond acceptors (Lipinski definition) is 1. The Morgan fingerprint density at radius 3 is 2.93 bits per heavy atom. The van der Waals surface area contributed by atoms with Gasteiger partial charge in [0.15, 0.2) is 0 Å². The molecule has 15 heavy (non-hydrogen) atoms. The van der Waals surface area contributed by atoms with Crippen LogP contribution in [0.1, 0.15) is 18.9 Å². The second-order valence-electron chi connectivity index (χ2n) is 3.49. The lowest BCUT2D eigenvalue weighted by atomic mass is 10.1. The van der Waals surface area contributed by atoms with Gasteiger partial charge in [-0.15, -0.1) is 0 Å². The summed E-state index contributed by atoms with van der Waals surface area (Å²) in [4.78, 5) is 0. The van der Waals surface area contributed by atoms with Crippen LogP contribution in [-0.2, 0) is 6.54 Å². The summed E-state index contributed by atoms with van der Waals surface area (Å²) in [6.45, 7) is 8.69. The molecule has 0 aliphatic carbocycles. The van der Waals surface area contributed by atoms with Gasteiger partial charge in [0.25, 0.3) is 0 Å². The van der Waals surface area contributed by atoms with Gasteiger partial charge in [0.2, 0.25) is 0 Å². The van der Waals surface area contributed by atoms with Crippen LogP contribution in [0.5, 0.6) is 0 Å². The Hall–Kier alpha value is -1.57. The zero-order valence-corrected chi connectivity index (χ0v) is 9.48. The highest BCUT2D eigenvalue weighted by atomic mass is 15.3. The first-order chi connectivity index (χ1) is 7.26. The number of rotatable bonds is 5. The molecule has 0 aliphatic heterocycles. The molecule has 0 amide bonds. The van der Waals surface area contributed by atoms with Crippen LogP contribution in [-0.4, -0.2) is 9.78 Å². The smallest absolute Gasteiger partial charge is 0.0518 e. The molecule has 1 aromatic heterocycles. The molecule has 1 rings (SSSR count). The van der Waals surface area contributed by atoms with E-state index in [9.17, 15) is 0 Å². The van der Waals surface area contributed by atoms with E-state index in [1.165, 1.54) is 11.1 Å². The van der Waals surface area contributed by atoms with Gasteiger partial charge in [-0.25, -0.2) is 0 Å². The molecule has 0 saturated carbocycles. The molecule has 1 aromatic rings. The van der Waals surface area contributed by atoms with Crippen molar-refractivity contribution in [3.63, 3.8) is 0 Å². The van der Waals surface area contributed by atoms with Crippen molar-refractivity contribution in [1.82, 2.24) is 9.78 Å². The summed E-state index contributed by atoms with van der Waals surface area (Å²) >= 11 is 0. The number of nitrogens with zero attached hydrogens (tertiary/aromatic N) is 2. The molecule has 0 N–H and O–H groups in total. The Bertz CT molecular complexity index is 370. The number of aryl methyl sites for hydroxylation is 2. The maximum absolute atomic E-state index is 4.25. The molecule has 0 fully saturated rings. The maximum Gasteiger partial charge on any atom is 0.0518 e. The van der Waals surface area contributed by atoms with Crippen molar-refractivity contribution in [1.29, 1.82) is 0 Å². The molecule has 80 valence electrons. The summed E-state index contributed by atoms with van der Waals surface area (Å²) in [6.07, 6.45) is 12.9. The fourth-order valence-corrected chi connectivity index (χ4v) is 1.35. The Morgan fingerprint density at radius 2 is 2.40 bits per heavy atom. The van der Waals surface area contributed by atoms with Gasteiger partial charge in [-0.3, -0.25) is 4.68 Å². The van der Waals surface area contributed by atoms with Gasteiger partial charge in [-0.05, 0) is 25.8 Å². The lowest BCUT2D eigenvalue weighted by Crippen LogP contribution is -1.98. The molecule has 0 aromatic carbocycles. The Morgan fingerprint density at radius 1 is 1.60 bits per heavy atom. The Labute approximate surface area is 91.6 Å². The predicted octanol–water partition coefficient (Wildman–Crippen LogP) is 3.27. The highest BCUT2D eigenvalue weighted by Crippen LogP contribution is 2.06. The molecule has 0 unspecified atom stereocenters. The van der Waals surface area contributed by atoms with Crippen molar-refractivity contribution in [2.75, 3.05) is 0 Å². The predicted molar refractivity (Wildman–Crippen MR) is 64.7 cm³/mol. The molecule has 0 aliphatic rings. The molecular formula is C13H18N2. The minimum absolute atomic E-state index is 0.926. The first-order valence-electron chi connectivity index (χ1n) is 5.19.